The molecule has 33 heavy (non-hydrogen) atoms. The fourth-order valence-electron chi connectivity index (χ4n) is 4.41. The fraction of sp³-hybridized carbons (Fsp3) is 0.357. The second kappa shape index (κ2) is 13.6. The van der Waals surface area contributed by atoms with Gasteiger partial charge in [-0.2, -0.15) is 0 Å². The van der Waals surface area contributed by atoms with E-state index < -0.39 is 7.92 Å². The minimum absolute atomic E-state index is 0.323. The molecule has 4 nitrogen and oxygen atoms in total. The summed E-state index contributed by atoms with van der Waals surface area (Å²) in [7, 11) is -0.622. The minimum atomic E-state index is -0.622. The SMILES string of the molecule is c1ccc(P(c2ccccc2)c2ccccc2C2CCNCCNCCCNCCN2)cc1. The van der Waals surface area contributed by atoms with E-state index in [1.165, 1.54) is 27.9 Å². The van der Waals surface area contributed by atoms with Crippen molar-refractivity contribution in [2.45, 2.75) is 18.9 Å². The zero-order chi connectivity index (χ0) is 22.6. The molecule has 0 radical (unpaired) electrons. The van der Waals surface area contributed by atoms with Crippen molar-refractivity contribution in [3.05, 3.63) is 90.5 Å². The van der Waals surface area contributed by atoms with Crippen LogP contribution >= 0.6 is 7.92 Å². The average molecular weight is 461 g/mol. The number of nitrogens with one attached hydrogen (secondary N) is 4. The highest BCUT2D eigenvalue weighted by atomic mass is 31.1. The molecule has 1 fully saturated rings. The van der Waals surface area contributed by atoms with Gasteiger partial charge in [0.05, 0.1) is 0 Å². The van der Waals surface area contributed by atoms with Crippen molar-refractivity contribution in [2.24, 2.45) is 0 Å². The van der Waals surface area contributed by atoms with E-state index in [1.54, 1.807) is 0 Å². The normalized spacial score (nSPS) is 19.1. The van der Waals surface area contributed by atoms with Crippen molar-refractivity contribution < 1.29 is 0 Å². The molecule has 3 aromatic rings. The van der Waals surface area contributed by atoms with Crippen LogP contribution in [0.15, 0.2) is 84.9 Å². The first-order valence-corrected chi connectivity index (χ1v) is 13.6. The second-order valence-electron chi connectivity index (χ2n) is 8.46. The van der Waals surface area contributed by atoms with Gasteiger partial charge < -0.3 is 21.3 Å². The summed E-state index contributed by atoms with van der Waals surface area (Å²) in [6, 6.07) is 31.5. The van der Waals surface area contributed by atoms with E-state index in [9.17, 15) is 0 Å². The van der Waals surface area contributed by atoms with Gasteiger partial charge in [0.15, 0.2) is 0 Å². The molecular weight excluding hydrogens is 423 g/mol. The Morgan fingerprint density at radius 3 is 1.76 bits per heavy atom. The van der Waals surface area contributed by atoms with Gasteiger partial charge in [0.25, 0.3) is 0 Å². The van der Waals surface area contributed by atoms with Crippen LogP contribution in [0.5, 0.6) is 0 Å². The van der Waals surface area contributed by atoms with E-state index in [0.717, 1.165) is 52.2 Å². The standard InChI is InChI=1S/C28H37N4P/c1-3-10-24(11-4-1)33(25-12-5-2-6-13-25)28-15-8-7-14-26(28)27-16-19-31-21-20-29-17-9-18-30-22-23-32-27/h1-8,10-15,27,29-32H,9,16-23H2. The molecule has 174 valence electrons. The van der Waals surface area contributed by atoms with E-state index in [4.69, 9.17) is 0 Å². The van der Waals surface area contributed by atoms with Crippen molar-refractivity contribution >= 4 is 23.8 Å². The predicted octanol–water partition coefficient (Wildman–Crippen LogP) is 2.64. The first-order valence-electron chi connectivity index (χ1n) is 12.3. The van der Waals surface area contributed by atoms with Crippen molar-refractivity contribution in [1.29, 1.82) is 0 Å². The van der Waals surface area contributed by atoms with E-state index in [2.05, 4.69) is 106 Å². The van der Waals surface area contributed by atoms with E-state index >= 15 is 0 Å². The van der Waals surface area contributed by atoms with Gasteiger partial charge in [-0.1, -0.05) is 84.9 Å². The van der Waals surface area contributed by atoms with Crippen LogP contribution in [0, 0.1) is 0 Å². The van der Waals surface area contributed by atoms with Gasteiger partial charge in [0.2, 0.25) is 0 Å². The molecule has 4 rings (SSSR count). The van der Waals surface area contributed by atoms with Crippen molar-refractivity contribution in [2.75, 3.05) is 45.8 Å². The van der Waals surface area contributed by atoms with Crippen LogP contribution in [0.25, 0.3) is 0 Å². The Morgan fingerprint density at radius 2 is 1.09 bits per heavy atom. The summed E-state index contributed by atoms with van der Waals surface area (Å²) in [5.74, 6) is 0. The third-order valence-corrected chi connectivity index (χ3v) is 8.59. The molecular formula is C28H37N4P. The van der Waals surface area contributed by atoms with Crippen LogP contribution in [-0.2, 0) is 0 Å². The van der Waals surface area contributed by atoms with E-state index in [0.29, 0.717) is 6.04 Å². The molecule has 1 saturated heterocycles. The van der Waals surface area contributed by atoms with E-state index in [-0.39, 0.29) is 0 Å². The Bertz CT molecular complexity index is 881. The van der Waals surface area contributed by atoms with Crippen LogP contribution in [0.2, 0.25) is 0 Å². The third kappa shape index (κ3) is 7.20. The number of hydrogen-bond donors (Lipinski definition) is 4. The first kappa shape index (κ1) is 24.1. The number of rotatable bonds is 4. The Hall–Kier alpha value is -2.07. The molecule has 0 saturated carbocycles. The first-order chi connectivity index (χ1) is 16.4. The molecule has 1 unspecified atom stereocenters. The van der Waals surface area contributed by atoms with Crippen molar-refractivity contribution in [3.63, 3.8) is 0 Å². The molecule has 1 aliphatic rings. The average Bonchev–Trinajstić information content (AvgIpc) is 2.87. The van der Waals surface area contributed by atoms with Crippen LogP contribution in [-0.4, -0.2) is 45.8 Å². The molecule has 5 heteroatoms. The molecule has 1 heterocycles. The summed E-state index contributed by atoms with van der Waals surface area (Å²) in [4.78, 5) is 0. The van der Waals surface area contributed by atoms with Crippen LogP contribution in [0.4, 0.5) is 0 Å². The van der Waals surface area contributed by atoms with Gasteiger partial charge in [-0.25, -0.2) is 0 Å². The van der Waals surface area contributed by atoms with Gasteiger partial charge >= 0.3 is 0 Å². The summed E-state index contributed by atoms with van der Waals surface area (Å²) in [6.07, 6.45) is 2.24. The topological polar surface area (TPSA) is 48.1 Å². The predicted molar refractivity (Wildman–Crippen MR) is 144 cm³/mol. The number of benzene rings is 3. The molecule has 0 aromatic heterocycles. The summed E-state index contributed by atoms with van der Waals surface area (Å²) in [6.45, 7) is 7.18. The third-order valence-electron chi connectivity index (χ3n) is 6.07. The van der Waals surface area contributed by atoms with Gasteiger partial charge in [-0.3, -0.25) is 0 Å². The van der Waals surface area contributed by atoms with Crippen molar-refractivity contribution in [3.8, 4) is 0 Å². The lowest BCUT2D eigenvalue weighted by Gasteiger charge is -2.27. The molecule has 0 aliphatic carbocycles. The Morgan fingerprint density at radius 1 is 0.545 bits per heavy atom. The quantitative estimate of drug-likeness (QED) is 0.452. The molecule has 0 bridgehead atoms. The van der Waals surface area contributed by atoms with Gasteiger partial charge in [0.1, 0.15) is 0 Å². The molecule has 1 atom stereocenters. The van der Waals surface area contributed by atoms with Crippen LogP contribution < -0.4 is 37.2 Å². The lowest BCUT2D eigenvalue weighted by Crippen LogP contribution is -2.37. The maximum atomic E-state index is 3.88. The Balaban J connectivity index is 1.64. The van der Waals surface area contributed by atoms with Crippen LogP contribution in [0.3, 0.4) is 0 Å². The molecule has 1 aliphatic heterocycles. The molecule has 0 spiro atoms. The maximum absolute atomic E-state index is 3.88. The molecule has 3 aromatic carbocycles. The lowest BCUT2D eigenvalue weighted by molar-refractivity contribution is 0.462. The zero-order valence-electron chi connectivity index (χ0n) is 19.5. The molecule has 4 N–H and O–H groups in total. The van der Waals surface area contributed by atoms with Gasteiger partial charge in [-0.05, 0) is 61.9 Å². The maximum Gasteiger partial charge on any atom is 0.0339 e. The fourth-order valence-corrected chi connectivity index (χ4v) is 6.92. The highest BCUT2D eigenvalue weighted by Gasteiger charge is 2.23. The Kier molecular flexibility index (Phi) is 9.91. The zero-order valence-corrected chi connectivity index (χ0v) is 20.4. The van der Waals surface area contributed by atoms with Crippen LogP contribution in [0.1, 0.15) is 24.4 Å². The monoisotopic (exact) mass is 460 g/mol. The second-order valence-corrected chi connectivity index (χ2v) is 10.6. The van der Waals surface area contributed by atoms with Gasteiger partial charge in [-0.15, -0.1) is 0 Å². The van der Waals surface area contributed by atoms with Gasteiger partial charge in [0, 0.05) is 32.2 Å². The smallest absolute Gasteiger partial charge is 0.0339 e. The summed E-state index contributed by atoms with van der Waals surface area (Å²) >= 11 is 0. The molecule has 0 amide bonds. The summed E-state index contributed by atoms with van der Waals surface area (Å²) < 4.78 is 0. The minimum Gasteiger partial charge on any atom is -0.315 e. The Labute approximate surface area is 200 Å². The van der Waals surface area contributed by atoms with E-state index in [1.807, 2.05) is 0 Å². The van der Waals surface area contributed by atoms with Crippen molar-refractivity contribution in [1.82, 2.24) is 21.3 Å². The lowest BCUT2D eigenvalue weighted by atomic mass is 10.0. The highest BCUT2D eigenvalue weighted by Crippen LogP contribution is 2.35. The summed E-state index contributed by atoms with van der Waals surface area (Å²) in [5.41, 5.74) is 1.43. The highest BCUT2D eigenvalue weighted by molar-refractivity contribution is 7.79. The largest absolute Gasteiger partial charge is 0.315 e. The number of hydrogen-bond acceptors (Lipinski definition) is 4. The summed E-state index contributed by atoms with van der Waals surface area (Å²) in [5, 5.41) is 18.9.